The maximum Gasteiger partial charge on any atom is 0.272 e. The summed E-state index contributed by atoms with van der Waals surface area (Å²) >= 11 is 0. The molecule has 0 spiro atoms. The lowest BCUT2D eigenvalue weighted by Crippen LogP contribution is -2.31. The van der Waals surface area contributed by atoms with Crippen molar-refractivity contribution in [2.45, 2.75) is 19.3 Å². The summed E-state index contributed by atoms with van der Waals surface area (Å²) in [6, 6.07) is 13.4. The highest BCUT2D eigenvalue weighted by Crippen LogP contribution is 2.32. The Balaban J connectivity index is 1.58. The van der Waals surface area contributed by atoms with Crippen molar-refractivity contribution in [1.82, 2.24) is 15.9 Å². The molecular weight excluding hydrogens is 394 g/mol. The van der Waals surface area contributed by atoms with Gasteiger partial charge in [-0.05, 0) is 48.2 Å². The largest absolute Gasteiger partial charge is 0.387 e. The van der Waals surface area contributed by atoms with Gasteiger partial charge in [0.2, 0.25) is 0 Å². The first-order valence-electron chi connectivity index (χ1n) is 10.3. The number of nitrogens with two attached hydrogens (primary N) is 1. The summed E-state index contributed by atoms with van der Waals surface area (Å²) in [5.41, 5.74) is 15.3. The first-order chi connectivity index (χ1) is 15.0. The molecule has 160 valence electrons. The van der Waals surface area contributed by atoms with Crippen LogP contribution in [0.1, 0.15) is 35.2 Å². The van der Waals surface area contributed by atoms with Crippen LogP contribution in [-0.2, 0) is 9.73 Å². The van der Waals surface area contributed by atoms with Crippen LogP contribution >= 0.6 is 0 Å². The average molecular weight is 419 g/mol. The van der Waals surface area contributed by atoms with E-state index in [9.17, 15) is 9.59 Å². The van der Waals surface area contributed by atoms with Crippen LogP contribution in [0.5, 0.6) is 0 Å². The van der Waals surface area contributed by atoms with Gasteiger partial charge in [-0.1, -0.05) is 24.3 Å². The van der Waals surface area contributed by atoms with Gasteiger partial charge in [-0.25, -0.2) is 10.5 Å². The van der Waals surface area contributed by atoms with Gasteiger partial charge in [-0.3, -0.25) is 9.59 Å². The highest BCUT2D eigenvalue weighted by atomic mass is 16.8. The Hall–Kier alpha value is -3.49. The number of hydrogen-bond donors (Lipinski definition) is 3. The SMILES string of the molecule is CNONC(=O)C1=Cc2ccc(-c3ccc(C(=O)N4CCCC4)cc3)cc2N=C(N)C1. The molecule has 4 N–H and O–H groups in total. The number of hydrogen-bond acceptors (Lipinski definition) is 6. The number of nitrogens with zero attached hydrogens (tertiary/aromatic N) is 2. The van der Waals surface area contributed by atoms with Crippen molar-refractivity contribution in [2.24, 2.45) is 10.7 Å². The summed E-state index contributed by atoms with van der Waals surface area (Å²) < 4.78 is 0. The van der Waals surface area contributed by atoms with Crippen LogP contribution in [0.15, 0.2) is 53.0 Å². The zero-order chi connectivity index (χ0) is 21.8. The monoisotopic (exact) mass is 419 g/mol. The topological polar surface area (TPSA) is 109 Å². The van der Waals surface area contributed by atoms with E-state index < -0.39 is 0 Å². The molecule has 0 aromatic heterocycles. The number of rotatable bonds is 5. The van der Waals surface area contributed by atoms with Crippen molar-refractivity contribution in [1.29, 1.82) is 0 Å². The number of carbonyl (C=O) groups is 2. The Bertz CT molecular complexity index is 1050. The molecule has 2 aliphatic rings. The standard InChI is InChI=1S/C23H25N5O3/c1-25-31-27-22(29)19-12-18-9-8-17(13-20(18)26-21(24)14-19)15-4-6-16(7-5-15)23(30)28-10-2-3-11-28/h4-9,12-13,25H,2-3,10-11,14H2,1H3,(H2,24,26)(H,27,29). The molecule has 0 atom stereocenters. The molecule has 1 fully saturated rings. The minimum atomic E-state index is -0.386. The van der Waals surface area contributed by atoms with Crippen molar-refractivity contribution in [3.05, 3.63) is 59.2 Å². The van der Waals surface area contributed by atoms with Gasteiger partial charge in [0.05, 0.1) is 5.69 Å². The second kappa shape index (κ2) is 9.11. The third-order valence-corrected chi connectivity index (χ3v) is 5.39. The lowest BCUT2D eigenvalue weighted by Gasteiger charge is -2.15. The molecule has 8 nitrogen and oxygen atoms in total. The highest BCUT2D eigenvalue weighted by Gasteiger charge is 2.20. The fraction of sp³-hybridized carbons (Fsp3) is 0.261. The van der Waals surface area contributed by atoms with E-state index in [0.29, 0.717) is 22.7 Å². The van der Waals surface area contributed by atoms with E-state index in [0.717, 1.165) is 42.6 Å². The predicted molar refractivity (Wildman–Crippen MR) is 119 cm³/mol. The normalized spacial score (nSPS) is 15.6. The Labute approximate surface area is 180 Å². The van der Waals surface area contributed by atoms with E-state index in [4.69, 9.17) is 10.7 Å². The second-order valence-corrected chi connectivity index (χ2v) is 7.54. The van der Waals surface area contributed by atoms with Crippen molar-refractivity contribution in [2.75, 3.05) is 20.1 Å². The number of benzene rings is 2. The smallest absolute Gasteiger partial charge is 0.272 e. The second-order valence-electron chi connectivity index (χ2n) is 7.54. The minimum Gasteiger partial charge on any atom is -0.387 e. The summed E-state index contributed by atoms with van der Waals surface area (Å²) in [6.45, 7) is 1.67. The van der Waals surface area contributed by atoms with E-state index >= 15 is 0 Å². The van der Waals surface area contributed by atoms with Crippen molar-refractivity contribution in [3.63, 3.8) is 0 Å². The summed E-state index contributed by atoms with van der Waals surface area (Å²) in [5.74, 6) is 0.0394. The average Bonchev–Trinajstić information content (AvgIpc) is 3.26. The molecule has 1 saturated heterocycles. The van der Waals surface area contributed by atoms with Crippen molar-refractivity contribution >= 4 is 29.4 Å². The molecule has 4 rings (SSSR count). The molecule has 31 heavy (non-hydrogen) atoms. The fourth-order valence-electron chi connectivity index (χ4n) is 3.79. The number of hydroxylamine groups is 2. The summed E-state index contributed by atoms with van der Waals surface area (Å²) in [5, 5.41) is 0. The number of nitrogens with one attached hydrogen (secondary N) is 2. The van der Waals surface area contributed by atoms with Crippen LogP contribution < -0.4 is 16.7 Å². The van der Waals surface area contributed by atoms with Crippen LogP contribution in [0.2, 0.25) is 0 Å². The summed E-state index contributed by atoms with van der Waals surface area (Å²) in [4.78, 5) is 35.9. The Kier molecular flexibility index (Phi) is 6.11. The van der Waals surface area contributed by atoms with Crippen LogP contribution in [0.3, 0.4) is 0 Å². The highest BCUT2D eigenvalue weighted by molar-refractivity contribution is 6.05. The van der Waals surface area contributed by atoms with Crippen molar-refractivity contribution < 1.29 is 14.5 Å². The zero-order valence-corrected chi connectivity index (χ0v) is 17.4. The Morgan fingerprint density at radius 3 is 2.48 bits per heavy atom. The molecule has 0 saturated carbocycles. The van der Waals surface area contributed by atoms with Gasteiger partial charge in [0.1, 0.15) is 5.84 Å². The molecule has 2 aromatic rings. The van der Waals surface area contributed by atoms with E-state index in [1.165, 1.54) is 0 Å². The van der Waals surface area contributed by atoms with E-state index in [1.54, 1.807) is 13.1 Å². The van der Waals surface area contributed by atoms with Gasteiger partial charge < -0.3 is 10.6 Å². The van der Waals surface area contributed by atoms with Crippen LogP contribution in [0, 0.1) is 0 Å². The van der Waals surface area contributed by atoms with Crippen LogP contribution in [0.4, 0.5) is 5.69 Å². The van der Waals surface area contributed by atoms with Gasteiger partial charge in [0.25, 0.3) is 11.8 Å². The lowest BCUT2D eigenvalue weighted by atomic mass is 10.00. The lowest BCUT2D eigenvalue weighted by molar-refractivity contribution is -0.135. The third kappa shape index (κ3) is 4.65. The molecule has 2 amide bonds. The Morgan fingerprint density at radius 1 is 1.06 bits per heavy atom. The minimum absolute atomic E-state index is 0.0848. The van der Waals surface area contributed by atoms with E-state index in [-0.39, 0.29) is 18.2 Å². The van der Waals surface area contributed by atoms with Crippen molar-refractivity contribution in [3.8, 4) is 11.1 Å². The number of aliphatic imine (C=N–C) groups is 1. The number of carbonyl (C=O) groups excluding carboxylic acids is 2. The van der Waals surface area contributed by atoms with Gasteiger partial charge in [-0.15, -0.1) is 0 Å². The zero-order valence-electron chi connectivity index (χ0n) is 17.4. The van der Waals surface area contributed by atoms with Gasteiger partial charge in [0, 0.05) is 43.3 Å². The molecule has 0 aliphatic carbocycles. The maximum absolute atomic E-state index is 12.6. The van der Waals surface area contributed by atoms with Gasteiger partial charge in [-0.2, -0.15) is 10.4 Å². The number of amides is 2. The number of likely N-dealkylation sites (tertiary alicyclic amines) is 1. The fourth-order valence-corrected chi connectivity index (χ4v) is 3.79. The molecule has 0 bridgehead atoms. The van der Waals surface area contributed by atoms with Gasteiger partial charge >= 0.3 is 0 Å². The quantitative estimate of drug-likeness (QED) is 0.646. The molecule has 8 heteroatoms. The van der Waals surface area contributed by atoms with E-state index in [1.807, 2.05) is 47.4 Å². The van der Waals surface area contributed by atoms with Gasteiger partial charge in [0.15, 0.2) is 0 Å². The van der Waals surface area contributed by atoms with Crippen LogP contribution in [-0.4, -0.2) is 42.7 Å². The van der Waals surface area contributed by atoms with Crippen LogP contribution in [0.25, 0.3) is 17.2 Å². The number of amidine groups is 1. The first-order valence-corrected chi connectivity index (χ1v) is 10.3. The number of fused-ring (bicyclic) bond motifs is 1. The molecule has 2 aromatic carbocycles. The molecular formula is C23H25N5O3. The predicted octanol–water partition coefficient (Wildman–Crippen LogP) is 2.55. The summed E-state index contributed by atoms with van der Waals surface area (Å²) in [6.07, 6.45) is 4.12. The maximum atomic E-state index is 12.6. The van der Waals surface area contributed by atoms with E-state index in [2.05, 4.69) is 16.0 Å². The molecule has 2 aliphatic heterocycles. The first kappa shape index (κ1) is 20.8. The molecule has 0 unspecified atom stereocenters. The molecule has 2 heterocycles. The summed E-state index contributed by atoms with van der Waals surface area (Å²) in [7, 11) is 1.54. The Morgan fingerprint density at radius 2 is 1.77 bits per heavy atom. The molecule has 0 radical (unpaired) electrons. The third-order valence-electron chi connectivity index (χ3n) is 5.39.